The molecule has 8 heteroatoms. The van der Waals surface area contributed by atoms with E-state index in [0.29, 0.717) is 40.9 Å². The summed E-state index contributed by atoms with van der Waals surface area (Å²) in [4.78, 5) is 42.8. The van der Waals surface area contributed by atoms with Crippen LogP contribution in [0.25, 0.3) is 5.57 Å². The van der Waals surface area contributed by atoms with Crippen molar-refractivity contribution in [1.82, 2.24) is 0 Å². The maximum Gasteiger partial charge on any atom is 0.319 e. The number of carbonyl (C=O) groups excluding carboxylic acids is 3. The molecule has 3 heterocycles. The van der Waals surface area contributed by atoms with Gasteiger partial charge < -0.3 is 18.9 Å². The highest BCUT2D eigenvalue weighted by atomic mass is 16.7. The van der Waals surface area contributed by atoms with Crippen LogP contribution in [0.5, 0.6) is 23.0 Å². The van der Waals surface area contributed by atoms with Gasteiger partial charge in [-0.05, 0) is 73.0 Å². The second-order valence-corrected chi connectivity index (χ2v) is 10.1. The highest BCUT2D eigenvalue weighted by molar-refractivity contribution is 6.24. The number of fused-ring (bicyclic) bond motifs is 6. The second-order valence-electron chi connectivity index (χ2n) is 10.1. The number of hydrogen-bond acceptors (Lipinski definition) is 7. The molecule has 0 spiro atoms. The molecule has 0 radical (unpaired) electrons. The predicted molar refractivity (Wildman–Crippen MR) is 141 cm³/mol. The predicted octanol–water partition coefficient (Wildman–Crippen LogP) is 4.64. The molecule has 196 valence electrons. The molecule has 3 aromatic carbocycles. The fourth-order valence-corrected chi connectivity index (χ4v) is 6.23. The first-order chi connectivity index (χ1) is 18.9. The molecule has 3 aliphatic heterocycles. The SMILES string of the molecule is CCOc1ccc(N2C(=O)[C@@H]3[C@@H]4C(=O)Oc5cc(C)ccc5C4=C[C@H](c4ccc5c(c4)OCO5)[C@@H]3C2=O)cc1. The fraction of sp³-hybridized carbons (Fsp3) is 0.258. The third kappa shape index (κ3) is 3.55. The average Bonchev–Trinajstić information content (AvgIpc) is 3.50. The average molecular weight is 524 g/mol. The molecule has 4 atom stereocenters. The first kappa shape index (κ1) is 23.5. The fourth-order valence-electron chi connectivity index (χ4n) is 6.23. The topological polar surface area (TPSA) is 91.4 Å². The summed E-state index contributed by atoms with van der Waals surface area (Å²) in [5.41, 5.74) is 3.67. The van der Waals surface area contributed by atoms with Gasteiger partial charge in [-0.1, -0.05) is 24.3 Å². The lowest BCUT2D eigenvalue weighted by Gasteiger charge is -2.38. The molecule has 0 aromatic heterocycles. The number of esters is 1. The van der Waals surface area contributed by atoms with E-state index in [4.69, 9.17) is 18.9 Å². The van der Waals surface area contributed by atoms with Crippen LogP contribution in [0, 0.1) is 24.7 Å². The first-order valence-electron chi connectivity index (χ1n) is 13.0. The standard InChI is InChI=1S/C31H25NO7/c1-3-36-19-8-6-18(7-9-19)32-29(33)26-21(17-5-11-23-25(13-17)38-15-37-23)14-22-20-10-4-16(2)12-24(20)39-31(35)27(22)28(26)30(32)34/h4-14,21,26-28H,3,15H2,1-2H3/t21-,26+,27-,28+/m1/s1. The van der Waals surface area contributed by atoms with Gasteiger partial charge in [0.25, 0.3) is 0 Å². The summed E-state index contributed by atoms with van der Waals surface area (Å²) in [6.45, 7) is 4.44. The van der Waals surface area contributed by atoms with Gasteiger partial charge >= 0.3 is 5.97 Å². The molecule has 39 heavy (non-hydrogen) atoms. The number of nitrogens with zero attached hydrogens (tertiary/aromatic N) is 1. The van der Waals surface area contributed by atoms with Crippen LogP contribution in [0.15, 0.2) is 66.7 Å². The number of rotatable bonds is 4. The highest BCUT2D eigenvalue weighted by Gasteiger charge is 2.60. The Kier molecular flexibility index (Phi) is 5.26. The van der Waals surface area contributed by atoms with E-state index in [9.17, 15) is 14.4 Å². The van der Waals surface area contributed by atoms with Crippen LogP contribution < -0.4 is 23.8 Å². The van der Waals surface area contributed by atoms with E-state index in [2.05, 4.69) is 0 Å². The molecule has 2 amide bonds. The Bertz CT molecular complexity index is 1570. The van der Waals surface area contributed by atoms with Gasteiger partial charge in [0.05, 0.1) is 30.0 Å². The second kappa shape index (κ2) is 8.73. The highest BCUT2D eigenvalue weighted by Crippen LogP contribution is 2.55. The van der Waals surface area contributed by atoms with E-state index < -0.39 is 35.5 Å². The first-order valence-corrected chi connectivity index (χ1v) is 13.0. The van der Waals surface area contributed by atoms with E-state index in [1.165, 1.54) is 4.90 Å². The number of ether oxygens (including phenoxy) is 4. The molecule has 0 saturated carbocycles. The monoisotopic (exact) mass is 523 g/mol. The van der Waals surface area contributed by atoms with Gasteiger partial charge in [-0.2, -0.15) is 0 Å². The molecule has 7 rings (SSSR count). The van der Waals surface area contributed by atoms with Crippen LogP contribution in [-0.2, 0) is 14.4 Å². The minimum absolute atomic E-state index is 0.125. The Morgan fingerprint density at radius 3 is 2.44 bits per heavy atom. The zero-order valence-corrected chi connectivity index (χ0v) is 21.4. The van der Waals surface area contributed by atoms with E-state index >= 15 is 0 Å². The van der Waals surface area contributed by atoms with Crippen molar-refractivity contribution < 1.29 is 33.3 Å². The number of carbonyl (C=O) groups is 3. The van der Waals surface area contributed by atoms with Crippen molar-refractivity contribution in [2.45, 2.75) is 19.8 Å². The van der Waals surface area contributed by atoms with Crippen molar-refractivity contribution in [1.29, 1.82) is 0 Å². The van der Waals surface area contributed by atoms with E-state index in [0.717, 1.165) is 16.7 Å². The normalized spacial score (nSPS) is 24.5. The summed E-state index contributed by atoms with van der Waals surface area (Å²) in [7, 11) is 0. The molecule has 0 N–H and O–H groups in total. The van der Waals surface area contributed by atoms with Crippen LogP contribution in [0.4, 0.5) is 5.69 Å². The summed E-state index contributed by atoms with van der Waals surface area (Å²) in [6.07, 6.45) is 1.96. The number of benzene rings is 3. The van der Waals surface area contributed by atoms with Gasteiger partial charge in [0.1, 0.15) is 11.5 Å². The van der Waals surface area contributed by atoms with Crippen LogP contribution in [0.1, 0.15) is 29.5 Å². The third-order valence-corrected chi connectivity index (χ3v) is 7.94. The molecule has 1 fully saturated rings. The van der Waals surface area contributed by atoms with Gasteiger partial charge in [0.2, 0.25) is 18.6 Å². The molecule has 1 aliphatic carbocycles. The number of anilines is 1. The third-order valence-electron chi connectivity index (χ3n) is 7.94. The smallest absolute Gasteiger partial charge is 0.319 e. The maximum absolute atomic E-state index is 14.1. The lowest BCUT2D eigenvalue weighted by molar-refractivity contribution is -0.142. The molecule has 0 bridgehead atoms. The molecule has 3 aromatic rings. The quantitative estimate of drug-likeness (QED) is 0.279. The molecular formula is C31H25NO7. The maximum atomic E-state index is 14.1. The van der Waals surface area contributed by atoms with Crippen LogP contribution in [-0.4, -0.2) is 31.2 Å². The van der Waals surface area contributed by atoms with Gasteiger partial charge in [0, 0.05) is 11.5 Å². The van der Waals surface area contributed by atoms with E-state index in [1.807, 2.05) is 56.3 Å². The number of amides is 2. The van der Waals surface area contributed by atoms with Crippen LogP contribution in [0.3, 0.4) is 0 Å². The lowest BCUT2D eigenvalue weighted by Crippen LogP contribution is -2.42. The summed E-state index contributed by atoms with van der Waals surface area (Å²) in [6, 6.07) is 18.1. The summed E-state index contributed by atoms with van der Waals surface area (Å²) < 4.78 is 22.4. The minimum Gasteiger partial charge on any atom is -0.494 e. The van der Waals surface area contributed by atoms with Crippen molar-refractivity contribution in [3.8, 4) is 23.0 Å². The van der Waals surface area contributed by atoms with Crippen molar-refractivity contribution >= 4 is 29.0 Å². The van der Waals surface area contributed by atoms with Crippen molar-refractivity contribution in [3.63, 3.8) is 0 Å². The van der Waals surface area contributed by atoms with Crippen molar-refractivity contribution in [2.75, 3.05) is 18.3 Å². The molecule has 1 saturated heterocycles. The Morgan fingerprint density at radius 2 is 1.64 bits per heavy atom. The summed E-state index contributed by atoms with van der Waals surface area (Å²) in [5.74, 6) is -2.04. The Labute approximate surface area is 224 Å². The van der Waals surface area contributed by atoms with Crippen LogP contribution in [0.2, 0.25) is 0 Å². The summed E-state index contributed by atoms with van der Waals surface area (Å²) in [5, 5.41) is 0. The number of aryl methyl sites for hydroxylation is 1. The Morgan fingerprint density at radius 1 is 0.872 bits per heavy atom. The number of imide groups is 1. The van der Waals surface area contributed by atoms with Gasteiger partial charge in [-0.25, -0.2) is 4.90 Å². The van der Waals surface area contributed by atoms with Gasteiger partial charge in [-0.3, -0.25) is 14.4 Å². The molecule has 4 aliphatic rings. The molecule has 8 nitrogen and oxygen atoms in total. The van der Waals surface area contributed by atoms with E-state index in [-0.39, 0.29) is 12.7 Å². The Balaban J connectivity index is 1.38. The molecule has 0 unspecified atom stereocenters. The lowest BCUT2D eigenvalue weighted by atomic mass is 9.64. The number of allylic oxidation sites excluding steroid dienone is 1. The van der Waals surface area contributed by atoms with Crippen LogP contribution >= 0.6 is 0 Å². The zero-order chi connectivity index (χ0) is 26.8. The number of hydrogen-bond donors (Lipinski definition) is 0. The van der Waals surface area contributed by atoms with E-state index in [1.54, 1.807) is 24.3 Å². The minimum atomic E-state index is -0.915. The van der Waals surface area contributed by atoms with Gasteiger partial charge in [-0.15, -0.1) is 0 Å². The summed E-state index contributed by atoms with van der Waals surface area (Å²) >= 11 is 0. The van der Waals surface area contributed by atoms with Gasteiger partial charge in [0.15, 0.2) is 11.5 Å². The largest absolute Gasteiger partial charge is 0.494 e. The zero-order valence-electron chi connectivity index (χ0n) is 21.4. The Hall–Kier alpha value is -4.59. The van der Waals surface area contributed by atoms with Crippen molar-refractivity contribution in [2.24, 2.45) is 17.8 Å². The molecular weight excluding hydrogens is 498 g/mol. The van der Waals surface area contributed by atoms with Crippen molar-refractivity contribution in [3.05, 3.63) is 83.4 Å².